The third kappa shape index (κ3) is 4.92. The number of rotatable bonds is 7. The Balaban J connectivity index is 1.48. The molecule has 1 unspecified atom stereocenters. The van der Waals surface area contributed by atoms with E-state index in [1.807, 2.05) is 44.2 Å². The molecule has 0 spiro atoms. The van der Waals surface area contributed by atoms with Crippen molar-refractivity contribution in [3.05, 3.63) is 60.8 Å². The molecule has 168 valence electrons. The predicted octanol–water partition coefficient (Wildman–Crippen LogP) is 3.78. The number of pyridine rings is 1. The van der Waals surface area contributed by atoms with Gasteiger partial charge >= 0.3 is 0 Å². The van der Waals surface area contributed by atoms with Crippen molar-refractivity contribution in [2.75, 3.05) is 23.3 Å². The summed E-state index contributed by atoms with van der Waals surface area (Å²) in [5.74, 6) is 0.222. The fraction of sp³-hybridized carbons (Fsp3) is 0.333. The zero-order valence-electron chi connectivity index (χ0n) is 18.3. The molecule has 1 aliphatic heterocycles. The highest BCUT2D eigenvalue weighted by Crippen LogP contribution is 2.21. The highest BCUT2D eigenvalue weighted by molar-refractivity contribution is 7.89. The number of sulfonamides is 1. The molecular formula is C24H28N4O3S. The van der Waals surface area contributed by atoms with Crippen LogP contribution in [0.4, 0.5) is 11.5 Å². The van der Waals surface area contributed by atoms with Crippen LogP contribution < -0.4 is 14.9 Å². The van der Waals surface area contributed by atoms with Crippen LogP contribution in [0.5, 0.6) is 0 Å². The van der Waals surface area contributed by atoms with E-state index >= 15 is 0 Å². The Morgan fingerprint density at radius 2 is 1.72 bits per heavy atom. The van der Waals surface area contributed by atoms with Gasteiger partial charge in [0.25, 0.3) is 0 Å². The van der Waals surface area contributed by atoms with E-state index in [0.717, 1.165) is 42.5 Å². The van der Waals surface area contributed by atoms with E-state index in [2.05, 4.69) is 19.9 Å². The summed E-state index contributed by atoms with van der Waals surface area (Å²) in [5.41, 5.74) is 0.536. The molecule has 32 heavy (non-hydrogen) atoms. The lowest BCUT2D eigenvalue weighted by atomic mass is 10.1. The minimum Gasteiger partial charge on any atom is -0.357 e. The number of fused-ring (bicyclic) bond motifs is 1. The highest BCUT2D eigenvalue weighted by Gasteiger charge is 2.28. The molecule has 0 saturated carbocycles. The molecule has 1 saturated heterocycles. The van der Waals surface area contributed by atoms with Crippen molar-refractivity contribution in [3.8, 4) is 0 Å². The molecule has 1 amide bonds. The minimum absolute atomic E-state index is 0.131. The van der Waals surface area contributed by atoms with Crippen molar-refractivity contribution in [3.63, 3.8) is 0 Å². The molecule has 1 fully saturated rings. The molecule has 1 atom stereocenters. The molecular weight excluding hydrogens is 424 g/mol. The quantitative estimate of drug-likeness (QED) is 0.569. The number of nitrogens with zero attached hydrogens (tertiary/aromatic N) is 2. The summed E-state index contributed by atoms with van der Waals surface area (Å²) in [4.78, 5) is 19.7. The van der Waals surface area contributed by atoms with Gasteiger partial charge < -0.3 is 10.2 Å². The Bertz CT molecular complexity index is 1200. The largest absolute Gasteiger partial charge is 0.357 e. The Hall–Kier alpha value is -2.97. The van der Waals surface area contributed by atoms with E-state index < -0.39 is 22.0 Å². The summed E-state index contributed by atoms with van der Waals surface area (Å²) in [7, 11) is -3.88. The van der Waals surface area contributed by atoms with Crippen LogP contribution in [-0.4, -0.2) is 38.4 Å². The van der Waals surface area contributed by atoms with Crippen molar-refractivity contribution < 1.29 is 13.2 Å². The van der Waals surface area contributed by atoms with Crippen LogP contribution in [0.2, 0.25) is 0 Å². The van der Waals surface area contributed by atoms with Gasteiger partial charge in [-0.3, -0.25) is 4.79 Å². The molecule has 1 aromatic heterocycles. The Morgan fingerprint density at radius 1 is 1.00 bits per heavy atom. The second kappa shape index (κ2) is 9.26. The van der Waals surface area contributed by atoms with Gasteiger partial charge in [0.2, 0.25) is 15.9 Å². The van der Waals surface area contributed by atoms with E-state index in [9.17, 15) is 13.2 Å². The zero-order valence-corrected chi connectivity index (χ0v) is 19.1. The lowest BCUT2D eigenvalue weighted by molar-refractivity contribution is -0.118. The Morgan fingerprint density at radius 3 is 2.38 bits per heavy atom. The first-order chi connectivity index (χ1) is 15.3. The standard InChI is InChI=1S/C24H28N4O3S/c1-17(2)23(24(29)26-20-10-12-22(25-16-20)28-13-5-6-14-28)27-32(30,31)21-11-9-18-7-3-4-8-19(18)15-21/h3-4,7-12,15-17,23,27H,5-6,13-14H2,1-2H3,(H,26,29). The number of hydrogen-bond donors (Lipinski definition) is 2. The van der Waals surface area contributed by atoms with Crippen LogP contribution in [0, 0.1) is 5.92 Å². The minimum atomic E-state index is -3.88. The highest BCUT2D eigenvalue weighted by atomic mass is 32.2. The maximum atomic E-state index is 13.0. The van der Waals surface area contributed by atoms with Gasteiger partial charge in [-0.2, -0.15) is 4.72 Å². The lowest BCUT2D eigenvalue weighted by Gasteiger charge is -2.22. The Kier molecular flexibility index (Phi) is 6.43. The monoisotopic (exact) mass is 452 g/mol. The van der Waals surface area contributed by atoms with Gasteiger partial charge in [-0.1, -0.05) is 44.2 Å². The number of aromatic nitrogens is 1. The molecule has 0 bridgehead atoms. The maximum absolute atomic E-state index is 13.0. The van der Waals surface area contributed by atoms with Gasteiger partial charge in [-0.25, -0.2) is 13.4 Å². The number of carbonyl (C=O) groups is 1. The number of amides is 1. The number of benzene rings is 2. The van der Waals surface area contributed by atoms with Crippen LogP contribution in [0.1, 0.15) is 26.7 Å². The zero-order chi connectivity index (χ0) is 22.7. The topological polar surface area (TPSA) is 91.4 Å². The summed E-state index contributed by atoms with van der Waals surface area (Å²) in [6, 6.07) is 15.2. The van der Waals surface area contributed by atoms with Gasteiger partial charge in [0.1, 0.15) is 11.9 Å². The van der Waals surface area contributed by atoms with Gasteiger partial charge in [0.15, 0.2) is 0 Å². The summed E-state index contributed by atoms with van der Waals surface area (Å²) >= 11 is 0. The third-order valence-corrected chi connectivity index (χ3v) is 7.15. The summed E-state index contributed by atoms with van der Waals surface area (Å²) < 4.78 is 28.6. The summed E-state index contributed by atoms with van der Waals surface area (Å²) in [6.07, 6.45) is 3.93. The molecule has 7 nitrogen and oxygen atoms in total. The Labute approximate surface area is 188 Å². The molecule has 0 aliphatic carbocycles. The first-order valence-electron chi connectivity index (χ1n) is 10.9. The van der Waals surface area contributed by atoms with E-state index in [4.69, 9.17) is 0 Å². The van der Waals surface area contributed by atoms with Crippen LogP contribution in [0.25, 0.3) is 10.8 Å². The van der Waals surface area contributed by atoms with E-state index in [-0.39, 0.29) is 10.8 Å². The average Bonchev–Trinajstić information content (AvgIpc) is 3.32. The number of anilines is 2. The fourth-order valence-corrected chi connectivity index (χ4v) is 5.25. The van der Waals surface area contributed by atoms with Crippen LogP contribution in [-0.2, 0) is 14.8 Å². The predicted molar refractivity (Wildman–Crippen MR) is 127 cm³/mol. The van der Waals surface area contributed by atoms with Gasteiger partial charge in [0, 0.05) is 13.1 Å². The van der Waals surface area contributed by atoms with E-state index in [1.165, 1.54) is 0 Å². The molecule has 8 heteroatoms. The van der Waals surface area contributed by atoms with Gasteiger partial charge in [-0.05, 0) is 53.8 Å². The first-order valence-corrected chi connectivity index (χ1v) is 12.3. The SMILES string of the molecule is CC(C)C(NS(=O)(=O)c1ccc2ccccc2c1)C(=O)Nc1ccc(N2CCCC2)nc1. The van der Waals surface area contributed by atoms with Crippen molar-refractivity contribution in [1.82, 2.24) is 9.71 Å². The molecule has 4 rings (SSSR count). The normalized spacial score (nSPS) is 15.3. The summed E-state index contributed by atoms with van der Waals surface area (Å²) in [6.45, 7) is 5.60. The second-order valence-corrected chi connectivity index (χ2v) is 10.2. The van der Waals surface area contributed by atoms with Crippen molar-refractivity contribution in [1.29, 1.82) is 0 Å². The van der Waals surface area contributed by atoms with Crippen LogP contribution >= 0.6 is 0 Å². The van der Waals surface area contributed by atoms with Crippen molar-refractivity contribution in [2.24, 2.45) is 5.92 Å². The molecule has 2 heterocycles. The number of hydrogen-bond acceptors (Lipinski definition) is 5. The summed E-state index contributed by atoms with van der Waals surface area (Å²) in [5, 5.41) is 4.58. The van der Waals surface area contributed by atoms with Crippen molar-refractivity contribution in [2.45, 2.75) is 37.6 Å². The van der Waals surface area contributed by atoms with Crippen LogP contribution in [0.3, 0.4) is 0 Å². The first kappa shape index (κ1) is 22.2. The molecule has 0 radical (unpaired) electrons. The lowest BCUT2D eigenvalue weighted by Crippen LogP contribution is -2.47. The molecule has 2 N–H and O–H groups in total. The molecule has 1 aliphatic rings. The molecule has 3 aromatic rings. The molecule has 2 aromatic carbocycles. The number of carbonyl (C=O) groups excluding carboxylic acids is 1. The smallest absolute Gasteiger partial charge is 0.242 e. The van der Waals surface area contributed by atoms with Crippen molar-refractivity contribution >= 4 is 38.2 Å². The maximum Gasteiger partial charge on any atom is 0.242 e. The number of nitrogens with one attached hydrogen (secondary N) is 2. The van der Waals surface area contributed by atoms with E-state index in [1.54, 1.807) is 30.5 Å². The fourth-order valence-electron chi connectivity index (χ4n) is 3.88. The van der Waals surface area contributed by atoms with E-state index in [0.29, 0.717) is 5.69 Å². The third-order valence-electron chi connectivity index (χ3n) is 5.71. The van der Waals surface area contributed by atoms with Gasteiger partial charge in [0.05, 0.1) is 16.8 Å². The van der Waals surface area contributed by atoms with Crippen LogP contribution in [0.15, 0.2) is 65.7 Å². The average molecular weight is 453 g/mol. The van der Waals surface area contributed by atoms with Gasteiger partial charge in [-0.15, -0.1) is 0 Å². The second-order valence-electron chi connectivity index (χ2n) is 8.44.